The number of hydrogen-bond acceptors (Lipinski definition) is 3. The van der Waals surface area contributed by atoms with Crippen LogP contribution < -0.4 is 10.9 Å². The standard InChI is InChI=1S/C31H31N3O3/c1-21-14-15-25(16-22(21)2)30(36)32-27(11-6-10-23-8-4-3-5-9-23)31(37)33-18-24-17-26(20-33)28-12-7-13-29(35)34(28)19-24/h3-16,24,26H,17-20H2,1-2H3,(H,32,36)/b10-6+,27-11+. The van der Waals surface area contributed by atoms with E-state index in [1.165, 1.54) is 0 Å². The number of amides is 2. The largest absolute Gasteiger partial charge is 0.336 e. The molecule has 5 rings (SSSR count). The summed E-state index contributed by atoms with van der Waals surface area (Å²) in [5, 5.41) is 2.88. The zero-order chi connectivity index (χ0) is 25.9. The summed E-state index contributed by atoms with van der Waals surface area (Å²) < 4.78 is 1.85. The number of carbonyl (C=O) groups excluding carboxylic acids is 2. The maximum absolute atomic E-state index is 13.8. The van der Waals surface area contributed by atoms with Crippen LogP contribution in [0, 0.1) is 19.8 Å². The van der Waals surface area contributed by atoms with E-state index in [4.69, 9.17) is 0 Å². The molecule has 0 aliphatic carbocycles. The Kier molecular flexibility index (Phi) is 6.91. The predicted octanol–water partition coefficient (Wildman–Crippen LogP) is 4.44. The van der Waals surface area contributed by atoms with Crippen molar-refractivity contribution >= 4 is 17.9 Å². The Morgan fingerprint density at radius 2 is 1.73 bits per heavy atom. The minimum atomic E-state index is -0.315. The zero-order valence-electron chi connectivity index (χ0n) is 21.2. The van der Waals surface area contributed by atoms with E-state index in [0.717, 1.165) is 28.8 Å². The molecule has 0 radical (unpaired) electrons. The lowest BCUT2D eigenvalue weighted by atomic mass is 9.83. The molecule has 0 saturated carbocycles. The molecule has 2 atom stereocenters. The highest BCUT2D eigenvalue weighted by molar-refractivity contribution is 6.03. The quantitative estimate of drug-likeness (QED) is 0.422. The van der Waals surface area contributed by atoms with Crippen molar-refractivity contribution in [2.24, 2.45) is 5.92 Å². The maximum Gasteiger partial charge on any atom is 0.270 e. The number of pyridine rings is 1. The van der Waals surface area contributed by atoms with E-state index in [0.29, 0.717) is 25.2 Å². The highest BCUT2D eigenvalue weighted by Gasteiger charge is 2.37. The lowest BCUT2D eigenvalue weighted by Gasteiger charge is -2.42. The van der Waals surface area contributed by atoms with Crippen LogP contribution >= 0.6 is 0 Å². The minimum absolute atomic E-state index is 0.0132. The van der Waals surface area contributed by atoms with Crippen molar-refractivity contribution < 1.29 is 9.59 Å². The Balaban J connectivity index is 1.41. The average Bonchev–Trinajstić information content (AvgIpc) is 2.90. The summed E-state index contributed by atoms with van der Waals surface area (Å²) in [6, 6.07) is 20.7. The van der Waals surface area contributed by atoms with Crippen molar-refractivity contribution in [2.75, 3.05) is 13.1 Å². The second-order valence-corrected chi connectivity index (χ2v) is 10.0. The topological polar surface area (TPSA) is 71.4 Å². The molecule has 2 aromatic carbocycles. The second kappa shape index (κ2) is 10.4. The van der Waals surface area contributed by atoms with Crippen molar-refractivity contribution in [3.63, 3.8) is 0 Å². The third-order valence-corrected chi connectivity index (χ3v) is 7.37. The lowest BCUT2D eigenvalue weighted by molar-refractivity contribution is -0.130. The number of nitrogens with one attached hydrogen (secondary N) is 1. The van der Waals surface area contributed by atoms with Crippen LogP contribution in [0.2, 0.25) is 0 Å². The number of hydrogen-bond donors (Lipinski definition) is 1. The Morgan fingerprint density at radius 1 is 0.919 bits per heavy atom. The Labute approximate surface area is 216 Å². The number of aromatic nitrogens is 1. The van der Waals surface area contributed by atoms with Crippen LogP contribution in [0.15, 0.2) is 89.4 Å². The molecule has 37 heavy (non-hydrogen) atoms. The fourth-order valence-corrected chi connectivity index (χ4v) is 5.30. The van der Waals surface area contributed by atoms with Crippen molar-refractivity contribution in [1.82, 2.24) is 14.8 Å². The predicted molar refractivity (Wildman–Crippen MR) is 145 cm³/mol. The van der Waals surface area contributed by atoms with Gasteiger partial charge in [-0.2, -0.15) is 0 Å². The summed E-state index contributed by atoms with van der Waals surface area (Å²) in [4.78, 5) is 41.1. The molecule has 6 heteroatoms. The monoisotopic (exact) mass is 493 g/mol. The van der Waals surface area contributed by atoms with Crippen LogP contribution in [0.3, 0.4) is 0 Å². The molecule has 6 nitrogen and oxygen atoms in total. The van der Waals surface area contributed by atoms with Crippen molar-refractivity contribution in [3.8, 4) is 0 Å². The Hall–Kier alpha value is -4.19. The van der Waals surface area contributed by atoms with Gasteiger partial charge in [-0.1, -0.05) is 54.6 Å². The molecule has 1 fully saturated rings. The first-order valence-electron chi connectivity index (χ1n) is 12.7. The number of allylic oxidation sites excluding steroid dienone is 2. The van der Waals surface area contributed by atoms with Crippen LogP contribution in [-0.4, -0.2) is 34.4 Å². The van der Waals surface area contributed by atoms with E-state index < -0.39 is 0 Å². The lowest BCUT2D eigenvalue weighted by Crippen LogP contribution is -2.50. The van der Waals surface area contributed by atoms with Crippen molar-refractivity contribution in [1.29, 1.82) is 0 Å². The van der Waals surface area contributed by atoms with Gasteiger partial charge in [0.25, 0.3) is 17.4 Å². The minimum Gasteiger partial charge on any atom is -0.336 e. The van der Waals surface area contributed by atoms with Gasteiger partial charge >= 0.3 is 0 Å². The first-order chi connectivity index (χ1) is 17.9. The van der Waals surface area contributed by atoms with Crippen molar-refractivity contribution in [3.05, 3.63) is 123 Å². The van der Waals surface area contributed by atoms with E-state index in [2.05, 4.69) is 5.32 Å². The molecule has 1 N–H and O–H groups in total. The summed E-state index contributed by atoms with van der Waals surface area (Å²) in [6.07, 6.45) is 6.33. The third-order valence-electron chi connectivity index (χ3n) is 7.37. The summed E-state index contributed by atoms with van der Waals surface area (Å²) in [5.74, 6) is -0.227. The van der Waals surface area contributed by atoms with Crippen LogP contribution in [0.1, 0.15) is 45.1 Å². The molecule has 2 unspecified atom stereocenters. The average molecular weight is 494 g/mol. The van der Waals surface area contributed by atoms with E-state index >= 15 is 0 Å². The van der Waals surface area contributed by atoms with Gasteiger partial charge in [0.1, 0.15) is 5.70 Å². The number of fused-ring (bicyclic) bond motifs is 4. The van der Waals surface area contributed by atoms with E-state index in [1.807, 2.05) is 77.9 Å². The Bertz CT molecular complexity index is 1450. The van der Waals surface area contributed by atoms with Crippen LogP contribution in [0.5, 0.6) is 0 Å². The summed E-state index contributed by atoms with van der Waals surface area (Å²) in [6.45, 7) is 5.64. The number of rotatable bonds is 5. The molecule has 2 amide bonds. The van der Waals surface area contributed by atoms with Gasteiger partial charge in [0.05, 0.1) is 0 Å². The molecule has 1 aromatic heterocycles. The summed E-state index contributed by atoms with van der Waals surface area (Å²) >= 11 is 0. The molecular formula is C31H31N3O3. The highest BCUT2D eigenvalue weighted by atomic mass is 16.2. The summed E-state index contributed by atoms with van der Waals surface area (Å²) in [5.41, 5.74) is 4.87. The van der Waals surface area contributed by atoms with Gasteiger partial charge < -0.3 is 14.8 Å². The van der Waals surface area contributed by atoms with E-state index in [9.17, 15) is 14.4 Å². The first-order valence-corrected chi connectivity index (χ1v) is 12.7. The van der Waals surface area contributed by atoms with Gasteiger partial charge in [0, 0.05) is 42.9 Å². The molecule has 188 valence electrons. The molecule has 2 bridgehead atoms. The van der Waals surface area contributed by atoms with Crippen LogP contribution in [0.4, 0.5) is 0 Å². The molecule has 2 aliphatic heterocycles. The number of piperidine rings is 1. The zero-order valence-corrected chi connectivity index (χ0v) is 21.2. The molecule has 0 spiro atoms. The fraction of sp³-hybridized carbons (Fsp3) is 0.258. The number of benzene rings is 2. The van der Waals surface area contributed by atoms with Gasteiger partial charge in [0.2, 0.25) is 0 Å². The van der Waals surface area contributed by atoms with Gasteiger partial charge in [-0.25, -0.2) is 0 Å². The molecule has 3 aromatic rings. The highest BCUT2D eigenvalue weighted by Crippen LogP contribution is 2.35. The second-order valence-electron chi connectivity index (χ2n) is 10.0. The maximum atomic E-state index is 13.8. The van der Waals surface area contributed by atoms with Crippen LogP contribution in [0.25, 0.3) is 6.08 Å². The van der Waals surface area contributed by atoms with Gasteiger partial charge in [0.15, 0.2) is 0 Å². The van der Waals surface area contributed by atoms with Crippen LogP contribution in [-0.2, 0) is 11.3 Å². The van der Waals surface area contributed by atoms with Gasteiger partial charge in [-0.3, -0.25) is 14.4 Å². The SMILES string of the molecule is Cc1ccc(C(=O)N/C(=C/C=C/c2ccccc2)C(=O)N2CC3CC(C2)c2cccc(=O)n2C3)cc1C. The number of nitrogens with zero attached hydrogens (tertiary/aromatic N) is 2. The Morgan fingerprint density at radius 3 is 2.51 bits per heavy atom. The number of likely N-dealkylation sites (tertiary alicyclic amines) is 1. The molecular weight excluding hydrogens is 462 g/mol. The van der Waals surface area contributed by atoms with Gasteiger partial charge in [-0.05, 0) is 67.2 Å². The first kappa shape index (κ1) is 24.5. The van der Waals surface area contributed by atoms with Gasteiger partial charge in [-0.15, -0.1) is 0 Å². The van der Waals surface area contributed by atoms with E-state index in [-0.39, 0.29) is 34.9 Å². The summed E-state index contributed by atoms with van der Waals surface area (Å²) in [7, 11) is 0. The molecule has 3 heterocycles. The van der Waals surface area contributed by atoms with Crippen molar-refractivity contribution in [2.45, 2.75) is 32.7 Å². The number of aryl methyl sites for hydroxylation is 2. The third kappa shape index (κ3) is 5.33. The fourth-order valence-electron chi connectivity index (χ4n) is 5.30. The smallest absolute Gasteiger partial charge is 0.270 e. The normalized spacial score (nSPS) is 19.0. The molecule has 2 aliphatic rings. The number of carbonyl (C=O) groups is 2. The van der Waals surface area contributed by atoms with E-state index in [1.54, 1.807) is 30.4 Å². The molecule has 1 saturated heterocycles.